The van der Waals surface area contributed by atoms with Gasteiger partial charge in [0.2, 0.25) is 0 Å². The van der Waals surface area contributed by atoms with Gasteiger partial charge in [-0.2, -0.15) is 23.5 Å². The Labute approximate surface area is 145 Å². The molecule has 4 bridgehead atoms. The largest absolute Gasteiger partial charge is 0.152 e. The molecule has 2 aromatic carbocycles. The van der Waals surface area contributed by atoms with E-state index in [0.29, 0.717) is 0 Å². The summed E-state index contributed by atoms with van der Waals surface area (Å²) in [6, 6.07) is 13.6. The summed E-state index contributed by atoms with van der Waals surface area (Å²) in [6.45, 7) is 0. The van der Waals surface area contributed by atoms with Gasteiger partial charge in [-0.3, -0.25) is 0 Å². The summed E-state index contributed by atoms with van der Waals surface area (Å²) in [7, 11) is 0. The summed E-state index contributed by atoms with van der Waals surface area (Å²) in [4.78, 5) is 0. The monoisotopic (exact) mass is 428 g/mol. The lowest BCUT2D eigenvalue weighted by atomic mass is 10.1. The van der Waals surface area contributed by atoms with E-state index in [4.69, 9.17) is 0 Å². The molecule has 0 aliphatic carbocycles. The molecular formula is C16H14Br2S2. The van der Waals surface area contributed by atoms with Crippen LogP contribution in [0, 0.1) is 0 Å². The number of hydrogen-bond acceptors (Lipinski definition) is 2. The highest BCUT2D eigenvalue weighted by Gasteiger charge is 2.06. The SMILES string of the molecule is Brc1cc2cc(c1)CSCc1cc(Br)cc(c1)CSC2. The van der Waals surface area contributed by atoms with Crippen molar-refractivity contribution in [1.82, 2.24) is 0 Å². The van der Waals surface area contributed by atoms with E-state index in [0.717, 1.165) is 23.0 Å². The Bertz CT molecular complexity index is 526. The van der Waals surface area contributed by atoms with Crippen LogP contribution >= 0.6 is 55.4 Å². The van der Waals surface area contributed by atoms with Crippen LogP contribution < -0.4 is 0 Å². The highest BCUT2D eigenvalue weighted by atomic mass is 79.9. The first-order chi connectivity index (χ1) is 9.69. The van der Waals surface area contributed by atoms with Gasteiger partial charge < -0.3 is 0 Å². The molecule has 3 rings (SSSR count). The predicted octanol–water partition coefficient (Wildman–Crippen LogP) is 6.39. The molecule has 0 radical (unpaired) electrons. The maximum absolute atomic E-state index is 3.63. The lowest BCUT2D eigenvalue weighted by Crippen LogP contribution is -1.92. The van der Waals surface area contributed by atoms with Crippen LogP contribution in [0.1, 0.15) is 22.3 Å². The quantitative estimate of drug-likeness (QED) is 0.475. The minimum atomic E-state index is 1.07. The third-order valence-electron chi connectivity index (χ3n) is 3.11. The predicted molar refractivity (Wildman–Crippen MR) is 98.3 cm³/mol. The van der Waals surface area contributed by atoms with E-state index in [1.807, 2.05) is 23.5 Å². The molecule has 0 aromatic heterocycles. The Morgan fingerprint density at radius 1 is 0.550 bits per heavy atom. The zero-order chi connectivity index (χ0) is 13.9. The van der Waals surface area contributed by atoms with Gasteiger partial charge in [0.25, 0.3) is 0 Å². The van der Waals surface area contributed by atoms with E-state index in [1.54, 1.807) is 0 Å². The average Bonchev–Trinajstić information content (AvgIpc) is 2.36. The Balaban J connectivity index is 1.88. The number of halogens is 2. The van der Waals surface area contributed by atoms with E-state index < -0.39 is 0 Å². The van der Waals surface area contributed by atoms with Crippen molar-refractivity contribution in [3.05, 3.63) is 67.6 Å². The van der Waals surface area contributed by atoms with Crippen molar-refractivity contribution in [2.45, 2.75) is 23.0 Å². The molecule has 2 aromatic rings. The fraction of sp³-hybridized carbons (Fsp3) is 0.250. The molecule has 0 saturated heterocycles. The molecule has 0 spiro atoms. The van der Waals surface area contributed by atoms with Crippen LogP contribution in [0.2, 0.25) is 0 Å². The zero-order valence-corrected chi connectivity index (χ0v) is 15.7. The molecule has 1 aliphatic rings. The van der Waals surface area contributed by atoms with Crippen LogP contribution in [-0.4, -0.2) is 0 Å². The Hall–Kier alpha value is 0.1000. The zero-order valence-electron chi connectivity index (χ0n) is 10.9. The third kappa shape index (κ3) is 4.06. The minimum Gasteiger partial charge on any atom is -0.152 e. The molecular weight excluding hydrogens is 416 g/mol. The molecule has 0 amide bonds. The first-order valence-electron chi connectivity index (χ1n) is 6.41. The Morgan fingerprint density at radius 3 is 1.15 bits per heavy atom. The first-order valence-corrected chi connectivity index (χ1v) is 10.3. The van der Waals surface area contributed by atoms with Crippen molar-refractivity contribution >= 4 is 55.4 Å². The van der Waals surface area contributed by atoms with E-state index in [2.05, 4.69) is 68.3 Å². The molecule has 104 valence electrons. The smallest absolute Gasteiger partial charge is 0.0188 e. The molecule has 0 nitrogen and oxygen atoms in total. The van der Waals surface area contributed by atoms with Crippen molar-refractivity contribution in [2.75, 3.05) is 0 Å². The Morgan fingerprint density at radius 2 is 0.850 bits per heavy atom. The van der Waals surface area contributed by atoms with Crippen LogP contribution in [0.3, 0.4) is 0 Å². The number of thioether (sulfide) groups is 2. The summed E-state index contributed by atoms with van der Waals surface area (Å²) < 4.78 is 2.40. The standard InChI is InChI=1S/C16H14Br2S2/c17-15-3-11-1-12(4-15)8-20-10-14-2-13(9-19-7-11)5-16(18)6-14/h1-6H,7-10H2. The lowest BCUT2D eigenvalue weighted by molar-refractivity contribution is 1.27. The summed E-state index contributed by atoms with van der Waals surface area (Å²) in [5.41, 5.74) is 5.65. The second-order valence-corrected chi connectivity index (χ2v) is 8.72. The fourth-order valence-corrected chi connectivity index (χ4v) is 5.33. The van der Waals surface area contributed by atoms with E-state index in [1.165, 1.54) is 31.2 Å². The van der Waals surface area contributed by atoms with E-state index in [9.17, 15) is 0 Å². The summed E-state index contributed by atoms with van der Waals surface area (Å²) in [5, 5.41) is 0. The summed E-state index contributed by atoms with van der Waals surface area (Å²) in [5.74, 6) is 4.27. The van der Waals surface area contributed by atoms with E-state index >= 15 is 0 Å². The first kappa shape index (κ1) is 15.0. The second kappa shape index (κ2) is 6.91. The molecule has 0 N–H and O–H groups in total. The van der Waals surface area contributed by atoms with Crippen LogP contribution in [-0.2, 0) is 23.0 Å². The van der Waals surface area contributed by atoms with Gasteiger partial charge in [-0.05, 0) is 46.5 Å². The van der Waals surface area contributed by atoms with Crippen molar-refractivity contribution < 1.29 is 0 Å². The van der Waals surface area contributed by atoms with Gasteiger partial charge in [0, 0.05) is 32.0 Å². The van der Waals surface area contributed by atoms with Crippen LogP contribution in [0.4, 0.5) is 0 Å². The van der Waals surface area contributed by atoms with Gasteiger partial charge in [-0.15, -0.1) is 0 Å². The van der Waals surface area contributed by atoms with E-state index in [-0.39, 0.29) is 0 Å². The normalized spacial score (nSPS) is 15.3. The van der Waals surface area contributed by atoms with Crippen molar-refractivity contribution in [2.24, 2.45) is 0 Å². The van der Waals surface area contributed by atoms with Gasteiger partial charge in [0.15, 0.2) is 0 Å². The van der Waals surface area contributed by atoms with Crippen LogP contribution in [0.5, 0.6) is 0 Å². The molecule has 4 heteroatoms. The van der Waals surface area contributed by atoms with Crippen molar-refractivity contribution in [3.8, 4) is 0 Å². The topological polar surface area (TPSA) is 0 Å². The van der Waals surface area contributed by atoms with Crippen molar-refractivity contribution in [3.63, 3.8) is 0 Å². The fourth-order valence-electron chi connectivity index (χ4n) is 2.34. The maximum atomic E-state index is 3.63. The molecule has 0 unspecified atom stereocenters. The molecule has 0 saturated carbocycles. The lowest BCUT2D eigenvalue weighted by Gasteiger charge is -2.11. The summed E-state index contributed by atoms with van der Waals surface area (Å²) in [6.07, 6.45) is 0. The van der Waals surface area contributed by atoms with Crippen LogP contribution in [0.25, 0.3) is 0 Å². The third-order valence-corrected chi connectivity index (χ3v) is 6.18. The van der Waals surface area contributed by atoms with Gasteiger partial charge in [-0.25, -0.2) is 0 Å². The number of benzene rings is 2. The highest BCUT2D eigenvalue weighted by Crippen LogP contribution is 2.29. The molecule has 0 fully saturated rings. The summed E-state index contributed by atoms with van der Waals surface area (Å²) >= 11 is 11.2. The van der Waals surface area contributed by atoms with Gasteiger partial charge >= 0.3 is 0 Å². The molecule has 1 heterocycles. The Kier molecular flexibility index (Phi) is 5.18. The highest BCUT2D eigenvalue weighted by molar-refractivity contribution is 9.10. The maximum Gasteiger partial charge on any atom is 0.0188 e. The second-order valence-electron chi connectivity index (χ2n) is 4.92. The average molecular weight is 430 g/mol. The number of rotatable bonds is 0. The molecule has 1 aliphatic heterocycles. The van der Waals surface area contributed by atoms with Gasteiger partial charge in [0.1, 0.15) is 0 Å². The number of hydrogen-bond donors (Lipinski definition) is 0. The number of fused-ring (bicyclic) bond motifs is 4. The van der Waals surface area contributed by atoms with Crippen LogP contribution in [0.15, 0.2) is 45.3 Å². The molecule has 20 heavy (non-hydrogen) atoms. The van der Waals surface area contributed by atoms with Gasteiger partial charge in [-0.1, -0.05) is 44.0 Å². The van der Waals surface area contributed by atoms with Gasteiger partial charge in [0.05, 0.1) is 0 Å². The van der Waals surface area contributed by atoms with Crippen molar-refractivity contribution in [1.29, 1.82) is 0 Å². The minimum absolute atomic E-state index is 1.07. The molecule has 0 atom stereocenters.